The van der Waals surface area contributed by atoms with Crippen molar-refractivity contribution in [3.8, 4) is 0 Å². The minimum absolute atomic E-state index is 0.722. The number of nitrogens with zero attached hydrogens (tertiary/aromatic N) is 1. The van der Waals surface area contributed by atoms with Crippen molar-refractivity contribution in [3.63, 3.8) is 0 Å². The van der Waals surface area contributed by atoms with E-state index in [2.05, 4.69) is 9.15 Å². The van der Waals surface area contributed by atoms with Gasteiger partial charge < -0.3 is 9.15 Å². The van der Waals surface area contributed by atoms with Crippen LogP contribution in [0.25, 0.3) is 0 Å². The molecule has 1 rings (SSSR count). The van der Waals surface area contributed by atoms with Crippen LogP contribution in [0.2, 0.25) is 0 Å². The smallest absolute Gasteiger partial charge is 0.428 e. The molecule has 5 nitrogen and oxygen atoms in total. The fourth-order valence-corrected chi connectivity index (χ4v) is 0.501. The van der Waals surface area contributed by atoms with Crippen LogP contribution in [0.5, 0.6) is 0 Å². The number of carbonyl (C=O) groups is 1. The Morgan fingerprint density at radius 2 is 2.50 bits per heavy atom. The maximum Gasteiger partial charge on any atom is 0.428 e. The zero-order valence-electron chi connectivity index (χ0n) is 5.23. The highest BCUT2D eigenvalue weighted by molar-refractivity contribution is 5.69. The molecule has 1 aromatic heterocycles. The summed E-state index contributed by atoms with van der Waals surface area (Å²) in [6, 6.07) is 0. The van der Waals surface area contributed by atoms with Gasteiger partial charge in [0.1, 0.15) is 6.26 Å². The zero-order chi connectivity index (χ0) is 7.56. The summed E-state index contributed by atoms with van der Waals surface area (Å²) < 4.78 is 9.26. The standard InChI is InChI=1S/C5H5NO4/c1-9-4(7)6-2-3-10-5(6)8/h2-3H,1H3. The van der Waals surface area contributed by atoms with Crippen molar-refractivity contribution >= 4 is 6.09 Å². The van der Waals surface area contributed by atoms with E-state index >= 15 is 0 Å². The average molecular weight is 143 g/mol. The molecule has 0 saturated carbocycles. The van der Waals surface area contributed by atoms with E-state index in [1.165, 1.54) is 13.3 Å². The van der Waals surface area contributed by atoms with Crippen LogP contribution in [0.4, 0.5) is 4.79 Å². The van der Waals surface area contributed by atoms with Crippen molar-refractivity contribution in [2.24, 2.45) is 0 Å². The first-order valence-electron chi connectivity index (χ1n) is 2.50. The van der Waals surface area contributed by atoms with Crippen molar-refractivity contribution < 1.29 is 13.9 Å². The number of methoxy groups -OCH3 is 1. The normalized spacial score (nSPS) is 9.30. The molecule has 0 atom stereocenters. The zero-order valence-corrected chi connectivity index (χ0v) is 5.23. The van der Waals surface area contributed by atoms with Crippen LogP contribution in [0, 0.1) is 0 Å². The molecule has 0 spiro atoms. The minimum Gasteiger partial charge on any atom is -0.452 e. The lowest BCUT2D eigenvalue weighted by molar-refractivity contribution is 0.170. The number of oxazole rings is 1. The lowest BCUT2D eigenvalue weighted by Crippen LogP contribution is -2.21. The lowest BCUT2D eigenvalue weighted by Gasteiger charge is -1.92. The van der Waals surface area contributed by atoms with Gasteiger partial charge in [-0.2, -0.15) is 4.57 Å². The number of rotatable bonds is 0. The molecule has 0 fully saturated rings. The third kappa shape index (κ3) is 0.928. The molecule has 0 saturated heterocycles. The highest BCUT2D eigenvalue weighted by Crippen LogP contribution is 1.83. The third-order valence-electron chi connectivity index (χ3n) is 0.947. The Morgan fingerprint density at radius 1 is 1.80 bits per heavy atom. The molecule has 0 aromatic carbocycles. The van der Waals surface area contributed by atoms with E-state index in [-0.39, 0.29) is 0 Å². The summed E-state index contributed by atoms with van der Waals surface area (Å²) in [5, 5.41) is 0. The van der Waals surface area contributed by atoms with E-state index in [0.717, 1.165) is 10.8 Å². The van der Waals surface area contributed by atoms with Gasteiger partial charge >= 0.3 is 11.8 Å². The Hall–Kier alpha value is -1.52. The summed E-state index contributed by atoms with van der Waals surface area (Å²) in [4.78, 5) is 21.1. The van der Waals surface area contributed by atoms with Gasteiger partial charge in [-0.05, 0) is 0 Å². The number of hydrogen-bond donors (Lipinski definition) is 0. The summed E-state index contributed by atoms with van der Waals surface area (Å²) in [5.74, 6) is -0.744. The van der Waals surface area contributed by atoms with Gasteiger partial charge in [-0.25, -0.2) is 9.59 Å². The highest BCUT2D eigenvalue weighted by atomic mass is 16.5. The third-order valence-corrected chi connectivity index (χ3v) is 0.947. The molecule has 0 unspecified atom stereocenters. The molecular weight excluding hydrogens is 138 g/mol. The van der Waals surface area contributed by atoms with E-state index in [1.807, 2.05) is 0 Å². The van der Waals surface area contributed by atoms with E-state index in [0.29, 0.717) is 0 Å². The van der Waals surface area contributed by atoms with Gasteiger partial charge in [0.15, 0.2) is 0 Å². The fraction of sp³-hybridized carbons (Fsp3) is 0.200. The van der Waals surface area contributed by atoms with Gasteiger partial charge in [-0.15, -0.1) is 0 Å². The number of aromatic nitrogens is 1. The fourth-order valence-electron chi connectivity index (χ4n) is 0.501. The summed E-state index contributed by atoms with van der Waals surface area (Å²) >= 11 is 0. The Bertz CT molecular complexity index is 284. The molecule has 10 heavy (non-hydrogen) atoms. The summed E-state index contributed by atoms with van der Waals surface area (Å²) in [7, 11) is 1.18. The van der Waals surface area contributed by atoms with Gasteiger partial charge in [0.25, 0.3) is 0 Å². The van der Waals surface area contributed by atoms with E-state index in [4.69, 9.17) is 0 Å². The van der Waals surface area contributed by atoms with Crippen LogP contribution in [0.1, 0.15) is 0 Å². The number of ether oxygens (including phenoxy) is 1. The number of hydrogen-bond acceptors (Lipinski definition) is 4. The first-order valence-corrected chi connectivity index (χ1v) is 2.50. The Balaban J connectivity index is 3.05. The maximum absolute atomic E-state index is 10.6. The van der Waals surface area contributed by atoms with Gasteiger partial charge in [-0.3, -0.25) is 0 Å². The van der Waals surface area contributed by atoms with Crippen LogP contribution >= 0.6 is 0 Å². The second-order valence-corrected chi connectivity index (χ2v) is 1.51. The quantitative estimate of drug-likeness (QED) is 0.515. The summed E-state index contributed by atoms with van der Waals surface area (Å²) in [5.41, 5.74) is 0. The highest BCUT2D eigenvalue weighted by Gasteiger charge is 2.06. The summed E-state index contributed by atoms with van der Waals surface area (Å²) in [6.07, 6.45) is 1.55. The topological polar surface area (TPSA) is 61.4 Å². The van der Waals surface area contributed by atoms with Crippen molar-refractivity contribution in [1.82, 2.24) is 4.57 Å². The van der Waals surface area contributed by atoms with E-state index in [1.54, 1.807) is 0 Å². The largest absolute Gasteiger partial charge is 0.452 e. The predicted molar refractivity (Wildman–Crippen MR) is 30.8 cm³/mol. The van der Waals surface area contributed by atoms with Crippen molar-refractivity contribution in [2.45, 2.75) is 0 Å². The molecule has 0 aliphatic heterocycles. The van der Waals surface area contributed by atoms with Crippen molar-refractivity contribution in [2.75, 3.05) is 7.11 Å². The SMILES string of the molecule is COC(=O)n1ccoc1=O. The van der Waals surface area contributed by atoms with E-state index in [9.17, 15) is 9.59 Å². The van der Waals surface area contributed by atoms with Crippen LogP contribution in [-0.4, -0.2) is 17.8 Å². The monoisotopic (exact) mass is 143 g/mol. The van der Waals surface area contributed by atoms with Crippen LogP contribution in [0.15, 0.2) is 21.7 Å². The van der Waals surface area contributed by atoms with Gasteiger partial charge in [0, 0.05) is 0 Å². The van der Waals surface area contributed by atoms with Gasteiger partial charge in [-0.1, -0.05) is 0 Å². The number of carbonyl (C=O) groups excluding carboxylic acids is 1. The summed E-state index contributed by atoms with van der Waals surface area (Å²) in [6.45, 7) is 0. The molecule has 54 valence electrons. The predicted octanol–water partition coefficient (Wildman–Crippen LogP) is 0.0558. The molecule has 0 aliphatic rings. The second-order valence-electron chi connectivity index (χ2n) is 1.51. The molecule has 0 amide bonds. The van der Waals surface area contributed by atoms with Crippen LogP contribution in [-0.2, 0) is 4.74 Å². The Kier molecular flexibility index (Phi) is 1.57. The molecule has 1 aromatic rings. The van der Waals surface area contributed by atoms with Gasteiger partial charge in [0.2, 0.25) is 0 Å². The molecular formula is C5H5NO4. The first-order chi connectivity index (χ1) is 4.75. The molecule has 0 bridgehead atoms. The van der Waals surface area contributed by atoms with Crippen molar-refractivity contribution in [3.05, 3.63) is 23.0 Å². The van der Waals surface area contributed by atoms with Crippen LogP contribution in [0.3, 0.4) is 0 Å². The Morgan fingerprint density at radius 3 is 2.90 bits per heavy atom. The Labute approximate surface area is 55.8 Å². The maximum atomic E-state index is 10.6. The van der Waals surface area contributed by atoms with Crippen LogP contribution < -0.4 is 5.76 Å². The average Bonchev–Trinajstić information content (AvgIpc) is 2.34. The van der Waals surface area contributed by atoms with E-state index < -0.39 is 11.8 Å². The minimum atomic E-state index is -0.751. The first kappa shape index (κ1) is 6.60. The molecule has 1 heterocycles. The molecule has 5 heteroatoms. The second kappa shape index (κ2) is 2.38. The van der Waals surface area contributed by atoms with Crippen molar-refractivity contribution in [1.29, 1.82) is 0 Å². The molecule has 0 aliphatic carbocycles. The van der Waals surface area contributed by atoms with Gasteiger partial charge in [0.05, 0.1) is 13.3 Å². The lowest BCUT2D eigenvalue weighted by atomic mass is 10.9. The molecule has 0 radical (unpaired) electrons. The molecule has 0 N–H and O–H groups in total.